The second kappa shape index (κ2) is 4.87. The van der Waals surface area contributed by atoms with E-state index in [0.717, 1.165) is 5.56 Å². The third-order valence-corrected chi connectivity index (χ3v) is 5.01. The number of ether oxygens (including phenoxy) is 1. The molecule has 1 aromatic rings. The summed E-state index contributed by atoms with van der Waals surface area (Å²) in [5.74, 6) is 0.376. The van der Waals surface area contributed by atoms with Crippen molar-refractivity contribution in [2.45, 2.75) is 24.3 Å². The van der Waals surface area contributed by atoms with Crippen LogP contribution in [0.2, 0.25) is 0 Å². The van der Waals surface area contributed by atoms with E-state index in [-0.39, 0.29) is 10.9 Å². The van der Waals surface area contributed by atoms with Crippen LogP contribution in [-0.4, -0.2) is 39.0 Å². The normalized spacial score (nSPS) is 21.2. The van der Waals surface area contributed by atoms with Gasteiger partial charge in [0, 0.05) is 19.1 Å². The third kappa shape index (κ3) is 2.36. The predicted octanol–water partition coefficient (Wildman–Crippen LogP) is 0.725. The Bertz CT molecular complexity index is 542. The maximum atomic E-state index is 12.5. The first-order valence-electron chi connectivity index (χ1n) is 5.85. The van der Waals surface area contributed by atoms with Gasteiger partial charge in [0.2, 0.25) is 10.0 Å². The fourth-order valence-electron chi connectivity index (χ4n) is 2.10. The van der Waals surface area contributed by atoms with Crippen LogP contribution in [0.3, 0.4) is 0 Å². The van der Waals surface area contributed by atoms with E-state index in [2.05, 4.69) is 0 Å². The molecule has 0 radical (unpaired) electrons. The Labute approximate surface area is 108 Å². The molecule has 100 valence electrons. The SMILES string of the molecule is COc1ccc(C)cc1S(=O)(=O)N1CC[C@@H](N)C1. The molecule has 1 heterocycles. The zero-order chi connectivity index (χ0) is 13.3. The molecule has 1 aliphatic heterocycles. The van der Waals surface area contributed by atoms with Crippen LogP contribution in [0.4, 0.5) is 0 Å². The minimum atomic E-state index is -3.51. The van der Waals surface area contributed by atoms with E-state index < -0.39 is 10.0 Å². The lowest BCUT2D eigenvalue weighted by Crippen LogP contribution is -2.32. The first kappa shape index (κ1) is 13.3. The van der Waals surface area contributed by atoms with Gasteiger partial charge in [0.1, 0.15) is 10.6 Å². The minimum absolute atomic E-state index is 0.0735. The molecule has 0 unspecified atom stereocenters. The van der Waals surface area contributed by atoms with Crippen LogP contribution in [0.25, 0.3) is 0 Å². The Morgan fingerprint density at radius 1 is 1.44 bits per heavy atom. The quantitative estimate of drug-likeness (QED) is 0.878. The zero-order valence-corrected chi connectivity index (χ0v) is 11.4. The number of methoxy groups -OCH3 is 1. The van der Waals surface area contributed by atoms with Gasteiger partial charge in [-0.2, -0.15) is 4.31 Å². The van der Waals surface area contributed by atoms with Crippen molar-refractivity contribution in [2.75, 3.05) is 20.2 Å². The van der Waals surface area contributed by atoms with Gasteiger partial charge < -0.3 is 10.5 Å². The standard InChI is InChI=1S/C12H18N2O3S/c1-9-3-4-11(17-2)12(7-9)18(15,16)14-6-5-10(13)8-14/h3-4,7,10H,5-6,8,13H2,1-2H3/t10-/m1/s1. The third-order valence-electron chi connectivity index (χ3n) is 3.12. The molecule has 0 bridgehead atoms. The van der Waals surface area contributed by atoms with Crippen molar-refractivity contribution in [1.29, 1.82) is 0 Å². The van der Waals surface area contributed by atoms with Crippen LogP contribution in [0.15, 0.2) is 23.1 Å². The first-order chi connectivity index (χ1) is 8.45. The number of rotatable bonds is 3. The minimum Gasteiger partial charge on any atom is -0.495 e. The molecule has 0 spiro atoms. The summed E-state index contributed by atoms with van der Waals surface area (Å²) in [5.41, 5.74) is 6.65. The summed E-state index contributed by atoms with van der Waals surface area (Å²) in [7, 11) is -2.04. The van der Waals surface area contributed by atoms with E-state index in [4.69, 9.17) is 10.5 Å². The lowest BCUT2D eigenvalue weighted by Gasteiger charge is -2.18. The largest absolute Gasteiger partial charge is 0.495 e. The number of nitrogens with zero attached hydrogens (tertiary/aromatic N) is 1. The van der Waals surface area contributed by atoms with Gasteiger partial charge in [0.15, 0.2) is 0 Å². The van der Waals surface area contributed by atoms with Crippen molar-refractivity contribution in [3.05, 3.63) is 23.8 Å². The van der Waals surface area contributed by atoms with Gasteiger partial charge in [0.25, 0.3) is 0 Å². The van der Waals surface area contributed by atoms with Crippen molar-refractivity contribution in [3.63, 3.8) is 0 Å². The molecule has 1 atom stereocenters. The average Bonchev–Trinajstić information content (AvgIpc) is 2.76. The first-order valence-corrected chi connectivity index (χ1v) is 7.29. The number of benzene rings is 1. The van der Waals surface area contributed by atoms with Crippen molar-refractivity contribution >= 4 is 10.0 Å². The van der Waals surface area contributed by atoms with Crippen molar-refractivity contribution in [3.8, 4) is 5.75 Å². The Morgan fingerprint density at radius 2 is 2.17 bits per heavy atom. The molecule has 1 aromatic carbocycles. The highest BCUT2D eigenvalue weighted by Gasteiger charge is 2.32. The highest BCUT2D eigenvalue weighted by atomic mass is 32.2. The summed E-state index contributed by atoms with van der Waals surface area (Å²) in [6, 6.07) is 5.07. The molecule has 1 fully saturated rings. The monoisotopic (exact) mass is 270 g/mol. The smallest absolute Gasteiger partial charge is 0.246 e. The summed E-state index contributed by atoms with van der Waals surface area (Å²) >= 11 is 0. The van der Waals surface area contributed by atoms with Crippen molar-refractivity contribution in [2.24, 2.45) is 5.73 Å². The van der Waals surface area contributed by atoms with E-state index in [1.54, 1.807) is 12.1 Å². The van der Waals surface area contributed by atoms with E-state index in [9.17, 15) is 8.42 Å². The summed E-state index contributed by atoms with van der Waals surface area (Å²) in [6.45, 7) is 2.70. The summed E-state index contributed by atoms with van der Waals surface area (Å²) in [6.07, 6.45) is 0.702. The van der Waals surface area contributed by atoms with Crippen LogP contribution in [0.1, 0.15) is 12.0 Å². The van der Waals surface area contributed by atoms with Gasteiger partial charge in [0.05, 0.1) is 7.11 Å². The summed E-state index contributed by atoms with van der Waals surface area (Å²) in [5, 5.41) is 0. The number of nitrogens with two attached hydrogens (primary N) is 1. The lowest BCUT2D eigenvalue weighted by molar-refractivity contribution is 0.398. The molecular weight excluding hydrogens is 252 g/mol. The van der Waals surface area contributed by atoms with Gasteiger partial charge in [-0.25, -0.2) is 8.42 Å². The summed E-state index contributed by atoms with van der Waals surface area (Å²) in [4.78, 5) is 0.221. The van der Waals surface area contributed by atoms with Gasteiger partial charge in [-0.05, 0) is 31.0 Å². The second-order valence-corrected chi connectivity index (χ2v) is 6.47. The fourth-order valence-corrected chi connectivity index (χ4v) is 3.85. The molecule has 0 amide bonds. The van der Waals surface area contributed by atoms with Gasteiger partial charge in [-0.1, -0.05) is 6.07 Å². The van der Waals surface area contributed by atoms with E-state index in [1.807, 2.05) is 13.0 Å². The van der Waals surface area contributed by atoms with Gasteiger partial charge >= 0.3 is 0 Å². The Balaban J connectivity index is 2.43. The molecule has 1 saturated heterocycles. The molecule has 2 N–H and O–H groups in total. The fraction of sp³-hybridized carbons (Fsp3) is 0.500. The zero-order valence-electron chi connectivity index (χ0n) is 10.6. The average molecular weight is 270 g/mol. The van der Waals surface area contributed by atoms with Crippen LogP contribution in [0.5, 0.6) is 5.75 Å². The molecule has 0 saturated carbocycles. The molecular formula is C12H18N2O3S. The maximum absolute atomic E-state index is 12.5. The van der Waals surface area contributed by atoms with Crippen LogP contribution in [0, 0.1) is 6.92 Å². The Morgan fingerprint density at radius 3 is 2.72 bits per heavy atom. The molecule has 2 rings (SSSR count). The van der Waals surface area contributed by atoms with E-state index in [0.29, 0.717) is 25.3 Å². The Hall–Kier alpha value is -1.11. The molecule has 0 aromatic heterocycles. The van der Waals surface area contributed by atoms with Crippen molar-refractivity contribution in [1.82, 2.24) is 4.31 Å². The number of hydrogen-bond acceptors (Lipinski definition) is 4. The van der Waals surface area contributed by atoms with E-state index >= 15 is 0 Å². The molecule has 18 heavy (non-hydrogen) atoms. The molecule has 0 aliphatic carbocycles. The van der Waals surface area contributed by atoms with Crippen LogP contribution >= 0.6 is 0 Å². The number of aryl methyl sites for hydroxylation is 1. The topological polar surface area (TPSA) is 72.6 Å². The molecule has 1 aliphatic rings. The predicted molar refractivity (Wildman–Crippen MR) is 69.1 cm³/mol. The van der Waals surface area contributed by atoms with Crippen molar-refractivity contribution < 1.29 is 13.2 Å². The van der Waals surface area contributed by atoms with E-state index in [1.165, 1.54) is 11.4 Å². The van der Waals surface area contributed by atoms with Crippen LogP contribution < -0.4 is 10.5 Å². The molecule has 5 nitrogen and oxygen atoms in total. The highest BCUT2D eigenvalue weighted by molar-refractivity contribution is 7.89. The van der Waals surface area contributed by atoms with Gasteiger partial charge in [-0.3, -0.25) is 0 Å². The summed E-state index contributed by atoms with van der Waals surface area (Å²) < 4.78 is 31.6. The van der Waals surface area contributed by atoms with Gasteiger partial charge in [-0.15, -0.1) is 0 Å². The second-order valence-electron chi connectivity index (χ2n) is 4.57. The Kier molecular flexibility index (Phi) is 3.61. The highest BCUT2D eigenvalue weighted by Crippen LogP contribution is 2.29. The maximum Gasteiger partial charge on any atom is 0.246 e. The number of hydrogen-bond donors (Lipinski definition) is 1. The lowest BCUT2D eigenvalue weighted by atomic mass is 10.2. The number of sulfonamides is 1. The molecule has 6 heteroatoms. The van der Waals surface area contributed by atoms with Crippen LogP contribution in [-0.2, 0) is 10.0 Å².